The summed E-state index contributed by atoms with van der Waals surface area (Å²) in [5.74, 6) is 1.71. The second-order valence-corrected chi connectivity index (χ2v) is 5.03. The molecular weight excluding hydrogens is 234 g/mol. The second-order valence-electron chi connectivity index (χ2n) is 4.65. The highest BCUT2D eigenvalue weighted by molar-refractivity contribution is 6.33. The predicted octanol–water partition coefficient (Wildman–Crippen LogP) is 2.82. The van der Waals surface area contributed by atoms with Crippen LogP contribution in [0, 0.1) is 5.92 Å². The van der Waals surface area contributed by atoms with Gasteiger partial charge in [-0.15, -0.1) is 0 Å². The molecule has 0 bridgehead atoms. The zero-order valence-corrected chi connectivity index (χ0v) is 11.1. The van der Waals surface area contributed by atoms with Crippen LogP contribution in [0.25, 0.3) is 0 Å². The first kappa shape index (κ1) is 12.7. The van der Waals surface area contributed by atoms with E-state index in [1.807, 2.05) is 6.07 Å². The lowest BCUT2D eigenvalue weighted by Gasteiger charge is -2.33. The van der Waals surface area contributed by atoms with Crippen molar-refractivity contribution in [3.05, 3.63) is 22.8 Å². The summed E-state index contributed by atoms with van der Waals surface area (Å²) < 4.78 is 0. The molecule has 0 atom stereocenters. The summed E-state index contributed by atoms with van der Waals surface area (Å²) in [4.78, 5) is 6.68. The van der Waals surface area contributed by atoms with Gasteiger partial charge in [-0.3, -0.25) is 0 Å². The van der Waals surface area contributed by atoms with E-state index in [4.69, 9.17) is 17.3 Å². The number of nitrogens with two attached hydrogens (primary N) is 1. The van der Waals surface area contributed by atoms with Crippen LogP contribution in [-0.4, -0.2) is 18.1 Å². The monoisotopic (exact) mass is 253 g/mol. The van der Waals surface area contributed by atoms with E-state index in [0.717, 1.165) is 35.4 Å². The maximum Gasteiger partial charge on any atom is 0.147 e. The number of nitrogens with zero attached hydrogens (tertiary/aromatic N) is 2. The number of hydrogen-bond donors (Lipinski definition) is 1. The van der Waals surface area contributed by atoms with Gasteiger partial charge in [-0.05, 0) is 37.3 Å². The van der Waals surface area contributed by atoms with Crippen molar-refractivity contribution in [1.29, 1.82) is 0 Å². The summed E-state index contributed by atoms with van der Waals surface area (Å²) >= 11 is 6.34. The van der Waals surface area contributed by atoms with Gasteiger partial charge < -0.3 is 10.6 Å². The first-order valence-electron chi connectivity index (χ1n) is 6.34. The van der Waals surface area contributed by atoms with Crippen molar-refractivity contribution in [3.8, 4) is 0 Å². The fourth-order valence-electron chi connectivity index (χ4n) is 2.20. The number of hydrogen-bond acceptors (Lipinski definition) is 3. The molecule has 1 aromatic heterocycles. The minimum absolute atomic E-state index is 0.468. The molecule has 0 amide bonds. The van der Waals surface area contributed by atoms with E-state index in [-0.39, 0.29) is 0 Å². The highest BCUT2D eigenvalue weighted by Gasteiger charge is 2.22. The molecule has 17 heavy (non-hydrogen) atoms. The topological polar surface area (TPSA) is 42.2 Å². The summed E-state index contributed by atoms with van der Waals surface area (Å²) in [5.41, 5.74) is 6.64. The lowest BCUT2D eigenvalue weighted by Crippen LogP contribution is -2.33. The third-order valence-electron chi connectivity index (χ3n) is 3.56. The Morgan fingerprint density at radius 1 is 1.53 bits per heavy atom. The summed E-state index contributed by atoms with van der Waals surface area (Å²) in [6.07, 6.45) is 5.84. The molecule has 1 aliphatic rings. The molecule has 2 rings (SSSR count). The molecule has 0 aliphatic heterocycles. The molecule has 0 saturated heterocycles. The van der Waals surface area contributed by atoms with Crippen LogP contribution in [0.15, 0.2) is 12.3 Å². The van der Waals surface area contributed by atoms with Crippen LogP contribution in [0.1, 0.15) is 31.7 Å². The Kier molecular flexibility index (Phi) is 4.24. The minimum atomic E-state index is 0.468. The molecule has 4 heteroatoms. The Labute approximate surface area is 108 Å². The molecular formula is C13H20ClN3. The number of halogens is 1. The highest BCUT2D eigenvalue weighted by Crippen LogP contribution is 2.31. The SMILES string of the molecule is CCN(CC1CCC1)c1nccc(CN)c1Cl. The first-order chi connectivity index (χ1) is 8.26. The molecule has 1 aromatic rings. The van der Waals surface area contributed by atoms with Gasteiger partial charge in [0.25, 0.3) is 0 Å². The summed E-state index contributed by atoms with van der Waals surface area (Å²) in [7, 11) is 0. The molecule has 0 unspecified atom stereocenters. The molecule has 2 N–H and O–H groups in total. The molecule has 0 aromatic carbocycles. The van der Waals surface area contributed by atoms with Gasteiger partial charge in [0.2, 0.25) is 0 Å². The predicted molar refractivity (Wildman–Crippen MR) is 72.4 cm³/mol. The van der Waals surface area contributed by atoms with Crippen LogP contribution < -0.4 is 10.6 Å². The Hall–Kier alpha value is -0.800. The Morgan fingerprint density at radius 3 is 2.82 bits per heavy atom. The lowest BCUT2D eigenvalue weighted by atomic mass is 9.85. The van der Waals surface area contributed by atoms with Gasteiger partial charge in [-0.25, -0.2) is 4.98 Å². The standard InChI is InChI=1S/C13H20ClN3/c1-2-17(9-10-4-3-5-10)13-12(14)11(8-15)6-7-16-13/h6-7,10H,2-5,8-9,15H2,1H3. The minimum Gasteiger partial charge on any atom is -0.355 e. The molecule has 0 radical (unpaired) electrons. The van der Waals surface area contributed by atoms with E-state index in [0.29, 0.717) is 6.54 Å². The van der Waals surface area contributed by atoms with Crippen molar-refractivity contribution in [2.24, 2.45) is 11.7 Å². The molecule has 3 nitrogen and oxygen atoms in total. The number of rotatable bonds is 5. The van der Waals surface area contributed by atoms with Crippen molar-refractivity contribution in [2.45, 2.75) is 32.7 Å². The second kappa shape index (κ2) is 5.69. The molecule has 1 fully saturated rings. The normalized spacial score (nSPS) is 15.7. The maximum atomic E-state index is 6.34. The van der Waals surface area contributed by atoms with E-state index in [1.54, 1.807) is 6.20 Å². The summed E-state index contributed by atoms with van der Waals surface area (Å²) in [6, 6.07) is 1.89. The van der Waals surface area contributed by atoms with Gasteiger partial charge in [-0.1, -0.05) is 18.0 Å². The quantitative estimate of drug-likeness (QED) is 0.878. The van der Waals surface area contributed by atoms with Crippen LogP contribution in [-0.2, 0) is 6.54 Å². The zero-order valence-electron chi connectivity index (χ0n) is 10.3. The average molecular weight is 254 g/mol. The van der Waals surface area contributed by atoms with Gasteiger partial charge in [0.1, 0.15) is 5.82 Å². The van der Waals surface area contributed by atoms with Crippen LogP contribution in [0.5, 0.6) is 0 Å². The van der Waals surface area contributed by atoms with Crippen LogP contribution >= 0.6 is 11.6 Å². The van der Waals surface area contributed by atoms with Gasteiger partial charge >= 0.3 is 0 Å². The average Bonchev–Trinajstić information content (AvgIpc) is 2.29. The lowest BCUT2D eigenvalue weighted by molar-refractivity contribution is 0.318. The van der Waals surface area contributed by atoms with Crippen molar-refractivity contribution in [2.75, 3.05) is 18.0 Å². The Balaban J connectivity index is 2.17. The third-order valence-corrected chi connectivity index (χ3v) is 3.97. The summed E-state index contributed by atoms with van der Waals surface area (Å²) in [6.45, 7) is 4.62. The van der Waals surface area contributed by atoms with Crippen molar-refractivity contribution < 1.29 is 0 Å². The van der Waals surface area contributed by atoms with Crippen LogP contribution in [0.2, 0.25) is 5.02 Å². The van der Waals surface area contributed by atoms with Gasteiger partial charge in [0.05, 0.1) is 5.02 Å². The van der Waals surface area contributed by atoms with Crippen molar-refractivity contribution in [3.63, 3.8) is 0 Å². The van der Waals surface area contributed by atoms with E-state index in [1.165, 1.54) is 19.3 Å². The molecule has 1 heterocycles. The Morgan fingerprint density at radius 2 is 2.29 bits per heavy atom. The van der Waals surface area contributed by atoms with Gasteiger partial charge in [0.15, 0.2) is 0 Å². The smallest absolute Gasteiger partial charge is 0.147 e. The fraction of sp³-hybridized carbons (Fsp3) is 0.615. The molecule has 1 saturated carbocycles. The highest BCUT2D eigenvalue weighted by atomic mass is 35.5. The van der Waals surface area contributed by atoms with Gasteiger partial charge in [-0.2, -0.15) is 0 Å². The number of aromatic nitrogens is 1. The maximum absolute atomic E-state index is 6.34. The largest absolute Gasteiger partial charge is 0.355 e. The fourth-order valence-corrected chi connectivity index (χ4v) is 2.51. The number of anilines is 1. The zero-order chi connectivity index (χ0) is 12.3. The number of pyridine rings is 1. The van der Waals surface area contributed by atoms with Crippen LogP contribution in [0.3, 0.4) is 0 Å². The Bertz CT molecular complexity index is 377. The van der Waals surface area contributed by atoms with Gasteiger partial charge in [0, 0.05) is 25.8 Å². The molecule has 94 valence electrons. The third kappa shape index (κ3) is 2.72. The van der Waals surface area contributed by atoms with E-state index in [9.17, 15) is 0 Å². The van der Waals surface area contributed by atoms with Crippen molar-refractivity contribution in [1.82, 2.24) is 4.98 Å². The van der Waals surface area contributed by atoms with E-state index < -0.39 is 0 Å². The van der Waals surface area contributed by atoms with E-state index >= 15 is 0 Å². The van der Waals surface area contributed by atoms with Crippen molar-refractivity contribution >= 4 is 17.4 Å². The van der Waals surface area contributed by atoms with Crippen LogP contribution in [0.4, 0.5) is 5.82 Å². The molecule has 0 spiro atoms. The summed E-state index contributed by atoms with van der Waals surface area (Å²) in [5, 5.41) is 0.719. The molecule has 1 aliphatic carbocycles. The first-order valence-corrected chi connectivity index (χ1v) is 6.72. The van der Waals surface area contributed by atoms with E-state index in [2.05, 4.69) is 16.8 Å².